The van der Waals surface area contributed by atoms with Gasteiger partial charge in [0.05, 0.1) is 30.1 Å². The summed E-state index contributed by atoms with van der Waals surface area (Å²) in [7, 11) is 1.48. The molecule has 5 rings (SSSR count). The van der Waals surface area contributed by atoms with E-state index in [0.717, 1.165) is 15.4 Å². The third-order valence-corrected chi connectivity index (χ3v) is 6.30. The van der Waals surface area contributed by atoms with Gasteiger partial charge in [-0.2, -0.15) is 5.26 Å². The third-order valence-electron chi connectivity index (χ3n) is 6.30. The Hall–Kier alpha value is -5.68. The molecule has 0 atom stereocenters. The fourth-order valence-electron chi connectivity index (χ4n) is 4.31. The third kappa shape index (κ3) is 5.04. The fraction of sp³-hybridized carbons (Fsp3) is 0.0625. The van der Waals surface area contributed by atoms with Crippen LogP contribution in [0.5, 0.6) is 11.5 Å². The van der Waals surface area contributed by atoms with Crippen LogP contribution in [-0.2, 0) is 16.2 Å². The normalized spacial score (nSPS) is 13.2. The number of benzene rings is 4. The van der Waals surface area contributed by atoms with Crippen molar-refractivity contribution in [1.29, 1.82) is 5.26 Å². The van der Waals surface area contributed by atoms with Crippen molar-refractivity contribution in [3.63, 3.8) is 0 Å². The molecule has 1 aliphatic heterocycles. The highest BCUT2D eigenvalue weighted by atomic mass is 16.5. The van der Waals surface area contributed by atoms with E-state index in [-0.39, 0.29) is 12.2 Å². The molecule has 1 heterocycles. The van der Waals surface area contributed by atoms with Crippen molar-refractivity contribution in [1.82, 2.24) is 0 Å². The van der Waals surface area contributed by atoms with Gasteiger partial charge < -0.3 is 9.47 Å². The number of urea groups is 1. The van der Waals surface area contributed by atoms with E-state index in [1.165, 1.54) is 13.2 Å². The van der Waals surface area contributed by atoms with Crippen molar-refractivity contribution in [2.75, 3.05) is 16.9 Å². The first-order valence-electron chi connectivity index (χ1n) is 12.4. The average molecular weight is 530 g/mol. The Balaban J connectivity index is 1.50. The molecule has 40 heavy (non-hydrogen) atoms. The molecular weight excluding hydrogens is 506 g/mol. The number of hydrogen-bond donors (Lipinski definition) is 0. The molecule has 0 aromatic heterocycles. The van der Waals surface area contributed by atoms with Crippen LogP contribution in [0.1, 0.15) is 16.7 Å². The molecule has 8 heteroatoms. The van der Waals surface area contributed by atoms with E-state index >= 15 is 0 Å². The molecule has 4 amide bonds. The Bertz CT molecular complexity index is 1600. The van der Waals surface area contributed by atoms with E-state index in [9.17, 15) is 19.6 Å². The molecule has 1 saturated heterocycles. The van der Waals surface area contributed by atoms with E-state index in [4.69, 9.17) is 9.47 Å². The summed E-state index contributed by atoms with van der Waals surface area (Å²) >= 11 is 0. The van der Waals surface area contributed by atoms with Gasteiger partial charge in [0, 0.05) is 5.56 Å². The minimum Gasteiger partial charge on any atom is -0.493 e. The van der Waals surface area contributed by atoms with Crippen LogP contribution in [0.2, 0.25) is 0 Å². The smallest absolute Gasteiger partial charge is 0.343 e. The van der Waals surface area contributed by atoms with Crippen LogP contribution in [0.15, 0.2) is 109 Å². The van der Waals surface area contributed by atoms with Crippen LogP contribution in [0.4, 0.5) is 16.2 Å². The second kappa shape index (κ2) is 11.4. The lowest BCUT2D eigenvalue weighted by Gasteiger charge is -2.33. The molecule has 8 nitrogen and oxygen atoms in total. The van der Waals surface area contributed by atoms with Crippen LogP contribution in [0.3, 0.4) is 0 Å². The highest BCUT2D eigenvalue weighted by Gasteiger charge is 2.43. The topological polar surface area (TPSA) is 99.9 Å². The number of rotatable bonds is 7. The lowest BCUT2D eigenvalue weighted by molar-refractivity contribution is -0.121. The van der Waals surface area contributed by atoms with Gasteiger partial charge in [-0.15, -0.1) is 0 Å². The highest BCUT2D eigenvalue weighted by molar-refractivity contribution is 6.46. The molecule has 0 radical (unpaired) electrons. The molecule has 4 aromatic rings. The molecule has 196 valence electrons. The number of carbonyl (C=O) groups excluding carboxylic acids is 3. The highest BCUT2D eigenvalue weighted by Crippen LogP contribution is 2.33. The summed E-state index contributed by atoms with van der Waals surface area (Å²) in [6, 6.07) is 30.4. The lowest BCUT2D eigenvalue weighted by atomic mass is 10.0. The maximum Gasteiger partial charge on any atom is 0.343 e. The van der Waals surface area contributed by atoms with Crippen molar-refractivity contribution < 1.29 is 23.9 Å². The SMILES string of the molecule is COc1cc(C=C2C(=O)N(c3ccccc3)C(=O)N(c3ccccc3)C2=O)ccc1OCc1ccccc1C#N. The summed E-state index contributed by atoms with van der Waals surface area (Å²) in [5.41, 5.74) is 2.23. The fourth-order valence-corrected chi connectivity index (χ4v) is 4.31. The second-order valence-electron chi connectivity index (χ2n) is 8.76. The van der Waals surface area contributed by atoms with Gasteiger partial charge in [-0.3, -0.25) is 9.59 Å². The van der Waals surface area contributed by atoms with Crippen molar-refractivity contribution in [2.24, 2.45) is 0 Å². The minimum atomic E-state index is -0.761. The molecule has 0 saturated carbocycles. The number of methoxy groups -OCH3 is 1. The number of nitriles is 1. The number of barbiturate groups is 1. The molecule has 0 aliphatic carbocycles. The number of amides is 4. The monoisotopic (exact) mass is 529 g/mol. The van der Waals surface area contributed by atoms with Crippen LogP contribution >= 0.6 is 0 Å². The van der Waals surface area contributed by atoms with Gasteiger partial charge in [-0.05, 0) is 54.1 Å². The van der Waals surface area contributed by atoms with Gasteiger partial charge in [-0.25, -0.2) is 14.6 Å². The summed E-state index contributed by atoms with van der Waals surface area (Å²) in [6.45, 7) is 0.150. The zero-order chi connectivity index (χ0) is 28.1. The minimum absolute atomic E-state index is 0.150. The molecule has 1 aliphatic rings. The summed E-state index contributed by atoms with van der Waals surface area (Å²) in [5.74, 6) is -0.678. The number of anilines is 2. The van der Waals surface area contributed by atoms with E-state index in [1.807, 2.05) is 12.1 Å². The standard InChI is InChI=1S/C32H23N3O5/c1-39-29-19-22(16-17-28(29)40-21-24-11-9-8-10-23(24)20-33)18-27-30(36)34(25-12-4-2-5-13-25)32(38)35(31(27)37)26-14-6-3-7-15-26/h2-19H,21H2,1H3. The van der Waals surface area contributed by atoms with Crippen LogP contribution in [0.25, 0.3) is 6.08 Å². The predicted octanol–water partition coefficient (Wildman–Crippen LogP) is 5.73. The number of imide groups is 2. The van der Waals surface area contributed by atoms with Crippen molar-refractivity contribution in [3.05, 3.63) is 125 Å². The van der Waals surface area contributed by atoms with Crippen molar-refractivity contribution in [3.8, 4) is 17.6 Å². The molecule has 1 fully saturated rings. The average Bonchev–Trinajstić information content (AvgIpc) is 2.99. The first kappa shape index (κ1) is 25.9. The van der Waals surface area contributed by atoms with Gasteiger partial charge in [0.2, 0.25) is 0 Å². The quantitative estimate of drug-likeness (QED) is 0.224. The van der Waals surface area contributed by atoms with Crippen LogP contribution in [-0.4, -0.2) is 25.0 Å². The number of carbonyl (C=O) groups is 3. The predicted molar refractivity (Wildman–Crippen MR) is 150 cm³/mol. The summed E-state index contributed by atoms with van der Waals surface area (Å²) in [5, 5.41) is 9.33. The van der Waals surface area contributed by atoms with Crippen molar-refractivity contribution >= 4 is 35.3 Å². The van der Waals surface area contributed by atoms with E-state index in [2.05, 4.69) is 6.07 Å². The zero-order valence-electron chi connectivity index (χ0n) is 21.5. The molecule has 0 N–H and O–H groups in total. The largest absolute Gasteiger partial charge is 0.493 e. The first-order chi connectivity index (χ1) is 19.5. The number of ether oxygens (including phenoxy) is 2. The zero-order valence-corrected chi connectivity index (χ0v) is 21.5. The van der Waals surface area contributed by atoms with E-state index in [1.54, 1.807) is 91.0 Å². The molecule has 0 bridgehead atoms. The molecule has 0 unspecified atom stereocenters. The number of para-hydroxylation sites is 2. The first-order valence-corrected chi connectivity index (χ1v) is 12.4. The Morgan fingerprint density at radius 1 is 0.750 bits per heavy atom. The summed E-state index contributed by atoms with van der Waals surface area (Å²) in [6.07, 6.45) is 1.43. The van der Waals surface area contributed by atoms with Gasteiger partial charge >= 0.3 is 6.03 Å². The maximum atomic E-state index is 13.6. The second-order valence-corrected chi connectivity index (χ2v) is 8.76. The Kier molecular flexibility index (Phi) is 7.38. The van der Waals surface area contributed by atoms with E-state index < -0.39 is 17.8 Å². The van der Waals surface area contributed by atoms with Crippen LogP contribution in [0, 0.1) is 11.3 Å². The molecule has 0 spiro atoms. The van der Waals surface area contributed by atoms with Crippen LogP contribution < -0.4 is 19.3 Å². The van der Waals surface area contributed by atoms with Gasteiger partial charge in [-0.1, -0.05) is 60.7 Å². The molecule has 4 aromatic carbocycles. The number of nitrogens with zero attached hydrogens (tertiary/aromatic N) is 3. The number of hydrogen-bond acceptors (Lipinski definition) is 6. The van der Waals surface area contributed by atoms with E-state index in [0.29, 0.717) is 34.0 Å². The molecular formula is C32H23N3O5. The lowest BCUT2D eigenvalue weighted by Crippen LogP contribution is -2.57. The van der Waals surface area contributed by atoms with Gasteiger partial charge in [0.25, 0.3) is 11.8 Å². The Morgan fingerprint density at radius 2 is 1.32 bits per heavy atom. The van der Waals surface area contributed by atoms with Crippen molar-refractivity contribution in [2.45, 2.75) is 6.61 Å². The van der Waals surface area contributed by atoms with Gasteiger partial charge in [0.15, 0.2) is 11.5 Å². The summed E-state index contributed by atoms with van der Waals surface area (Å²) < 4.78 is 11.4. The van der Waals surface area contributed by atoms with Gasteiger partial charge in [0.1, 0.15) is 12.2 Å². The Morgan fingerprint density at radius 3 is 1.90 bits per heavy atom. The summed E-state index contributed by atoms with van der Waals surface area (Å²) in [4.78, 5) is 42.6. The Labute approximate surface area is 230 Å². The maximum absolute atomic E-state index is 13.6.